The van der Waals surface area contributed by atoms with E-state index in [4.69, 9.17) is 14.2 Å². The van der Waals surface area contributed by atoms with Gasteiger partial charge in [0, 0.05) is 4.47 Å². The third kappa shape index (κ3) is 5.77. The number of benzene rings is 2. The van der Waals surface area contributed by atoms with Crippen LogP contribution in [0, 0.1) is 6.92 Å². The fraction of sp³-hybridized carbons (Fsp3) is 0.278. The number of methoxy groups -OCH3 is 1. The van der Waals surface area contributed by atoms with Crippen LogP contribution < -0.4 is 19.5 Å². The van der Waals surface area contributed by atoms with E-state index < -0.39 is 0 Å². The van der Waals surface area contributed by atoms with E-state index in [1.54, 1.807) is 7.11 Å². The molecule has 2 rings (SSSR count). The maximum absolute atomic E-state index is 11.7. The molecule has 0 radical (unpaired) electrons. The summed E-state index contributed by atoms with van der Waals surface area (Å²) in [7, 11) is 1.61. The number of nitrogens with one attached hydrogen (secondary N) is 1. The predicted octanol–water partition coefficient (Wildman–Crippen LogP) is 3.34. The van der Waals surface area contributed by atoms with Crippen molar-refractivity contribution in [1.29, 1.82) is 0 Å². The van der Waals surface area contributed by atoms with Crippen LogP contribution in [-0.4, -0.2) is 32.8 Å². The summed E-state index contributed by atoms with van der Waals surface area (Å²) in [6, 6.07) is 12.9. The van der Waals surface area contributed by atoms with E-state index in [9.17, 15) is 4.79 Å². The van der Waals surface area contributed by atoms with Gasteiger partial charge in [0.15, 0.2) is 6.61 Å². The molecule has 0 saturated heterocycles. The molecule has 0 fully saturated rings. The number of hydrogen-bond acceptors (Lipinski definition) is 4. The molecule has 0 aliphatic heterocycles. The lowest BCUT2D eigenvalue weighted by atomic mass is 10.2. The first-order valence-electron chi connectivity index (χ1n) is 7.51. The van der Waals surface area contributed by atoms with Gasteiger partial charge in [-0.15, -0.1) is 0 Å². The van der Waals surface area contributed by atoms with Gasteiger partial charge in [-0.2, -0.15) is 0 Å². The molecule has 0 heterocycles. The standard InChI is InChI=1S/C18H20BrNO4/c1-13-11-16(7-8-17(13)19)24-12-18(21)20-9-10-23-15-5-3-14(22-2)4-6-15/h3-8,11H,9-10,12H2,1-2H3,(H,20,21). The molecule has 0 aromatic heterocycles. The van der Waals surface area contributed by atoms with Crippen molar-refractivity contribution in [2.24, 2.45) is 0 Å². The second-order valence-corrected chi connectivity index (χ2v) is 5.93. The summed E-state index contributed by atoms with van der Waals surface area (Å²) in [5, 5.41) is 2.75. The zero-order chi connectivity index (χ0) is 17.4. The van der Waals surface area contributed by atoms with E-state index in [1.165, 1.54) is 0 Å². The van der Waals surface area contributed by atoms with E-state index in [-0.39, 0.29) is 12.5 Å². The SMILES string of the molecule is COc1ccc(OCCNC(=O)COc2ccc(Br)c(C)c2)cc1. The van der Waals surface area contributed by atoms with Crippen molar-refractivity contribution in [3.05, 3.63) is 52.5 Å². The maximum atomic E-state index is 11.7. The third-order valence-electron chi connectivity index (χ3n) is 3.25. The molecule has 5 nitrogen and oxygen atoms in total. The van der Waals surface area contributed by atoms with Gasteiger partial charge >= 0.3 is 0 Å². The quantitative estimate of drug-likeness (QED) is 0.698. The van der Waals surface area contributed by atoms with Crippen molar-refractivity contribution < 1.29 is 19.0 Å². The minimum atomic E-state index is -0.186. The molecule has 0 saturated carbocycles. The van der Waals surface area contributed by atoms with Crippen LogP contribution in [0.2, 0.25) is 0 Å². The average Bonchev–Trinajstić information content (AvgIpc) is 2.60. The van der Waals surface area contributed by atoms with Crippen molar-refractivity contribution in [1.82, 2.24) is 5.32 Å². The summed E-state index contributed by atoms with van der Waals surface area (Å²) in [5.74, 6) is 1.98. The Balaban J connectivity index is 1.64. The Labute approximate surface area is 150 Å². The Morgan fingerprint density at radius 3 is 2.38 bits per heavy atom. The van der Waals surface area contributed by atoms with Gasteiger partial charge in [-0.25, -0.2) is 0 Å². The maximum Gasteiger partial charge on any atom is 0.258 e. The topological polar surface area (TPSA) is 56.8 Å². The molecular weight excluding hydrogens is 374 g/mol. The molecule has 0 atom stereocenters. The zero-order valence-electron chi connectivity index (χ0n) is 13.7. The summed E-state index contributed by atoms with van der Waals surface area (Å²) < 4.78 is 17.1. The highest BCUT2D eigenvalue weighted by Gasteiger charge is 2.04. The lowest BCUT2D eigenvalue weighted by Gasteiger charge is -2.10. The molecule has 2 aromatic rings. The van der Waals surface area contributed by atoms with Crippen LogP contribution in [0.15, 0.2) is 46.9 Å². The summed E-state index contributed by atoms with van der Waals surface area (Å²) >= 11 is 3.42. The van der Waals surface area contributed by atoms with Gasteiger partial charge in [0.05, 0.1) is 13.7 Å². The Morgan fingerprint density at radius 2 is 1.71 bits per heavy atom. The van der Waals surface area contributed by atoms with E-state index in [1.807, 2.05) is 49.4 Å². The minimum absolute atomic E-state index is 0.0242. The molecule has 0 unspecified atom stereocenters. The van der Waals surface area contributed by atoms with Gasteiger partial charge in [-0.1, -0.05) is 15.9 Å². The average molecular weight is 394 g/mol. The van der Waals surface area contributed by atoms with Crippen molar-refractivity contribution >= 4 is 21.8 Å². The molecule has 1 N–H and O–H groups in total. The third-order valence-corrected chi connectivity index (χ3v) is 4.14. The summed E-state index contributed by atoms with van der Waals surface area (Å²) in [6.45, 7) is 2.74. The molecular formula is C18H20BrNO4. The number of aryl methyl sites for hydroxylation is 1. The van der Waals surface area contributed by atoms with Crippen molar-refractivity contribution in [2.45, 2.75) is 6.92 Å². The summed E-state index contributed by atoms with van der Waals surface area (Å²) in [5.41, 5.74) is 1.06. The van der Waals surface area contributed by atoms with Crippen LogP contribution >= 0.6 is 15.9 Å². The molecule has 0 aliphatic carbocycles. The van der Waals surface area contributed by atoms with Crippen LogP contribution in [0.4, 0.5) is 0 Å². The van der Waals surface area contributed by atoms with E-state index >= 15 is 0 Å². The second kappa shape index (κ2) is 9.17. The highest BCUT2D eigenvalue weighted by molar-refractivity contribution is 9.10. The zero-order valence-corrected chi connectivity index (χ0v) is 15.3. The van der Waals surface area contributed by atoms with E-state index in [0.29, 0.717) is 18.9 Å². The van der Waals surface area contributed by atoms with Crippen LogP contribution in [0.5, 0.6) is 17.2 Å². The van der Waals surface area contributed by atoms with Crippen LogP contribution in [-0.2, 0) is 4.79 Å². The van der Waals surface area contributed by atoms with Crippen LogP contribution in [0.3, 0.4) is 0 Å². The van der Waals surface area contributed by atoms with Gasteiger partial charge in [0.2, 0.25) is 0 Å². The largest absolute Gasteiger partial charge is 0.497 e. The number of amides is 1. The van der Waals surface area contributed by atoms with Crippen molar-refractivity contribution in [2.75, 3.05) is 26.9 Å². The highest BCUT2D eigenvalue weighted by Crippen LogP contribution is 2.21. The molecule has 1 amide bonds. The number of hydrogen-bond donors (Lipinski definition) is 1. The molecule has 0 aliphatic rings. The first-order chi connectivity index (χ1) is 11.6. The summed E-state index contributed by atoms with van der Waals surface area (Å²) in [6.07, 6.45) is 0. The summed E-state index contributed by atoms with van der Waals surface area (Å²) in [4.78, 5) is 11.7. The predicted molar refractivity (Wildman–Crippen MR) is 95.9 cm³/mol. The van der Waals surface area contributed by atoms with Gasteiger partial charge < -0.3 is 19.5 Å². The van der Waals surface area contributed by atoms with E-state index in [0.717, 1.165) is 21.5 Å². The van der Waals surface area contributed by atoms with Crippen LogP contribution in [0.1, 0.15) is 5.56 Å². The Bertz CT molecular complexity index is 673. The first kappa shape index (κ1) is 18.1. The van der Waals surface area contributed by atoms with Crippen molar-refractivity contribution in [3.8, 4) is 17.2 Å². The lowest BCUT2D eigenvalue weighted by Crippen LogP contribution is -2.32. The van der Waals surface area contributed by atoms with E-state index in [2.05, 4.69) is 21.2 Å². The van der Waals surface area contributed by atoms with Gasteiger partial charge in [-0.3, -0.25) is 4.79 Å². The first-order valence-corrected chi connectivity index (χ1v) is 8.30. The number of rotatable bonds is 8. The molecule has 6 heteroatoms. The number of ether oxygens (including phenoxy) is 3. The molecule has 0 bridgehead atoms. The highest BCUT2D eigenvalue weighted by atomic mass is 79.9. The van der Waals surface area contributed by atoms with Crippen molar-refractivity contribution in [3.63, 3.8) is 0 Å². The fourth-order valence-corrected chi connectivity index (χ4v) is 2.18. The number of carbonyl (C=O) groups is 1. The molecule has 2 aromatic carbocycles. The fourth-order valence-electron chi connectivity index (χ4n) is 1.94. The van der Waals surface area contributed by atoms with Gasteiger partial charge in [0.25, 0.3) is 5.91 Å². The number of halogens is 1. The normalized spacial score (nSPS) is 10.1. The smallest absolute Gasteiger partial charge is 0.258 e. The molecule has 0 spiro atoms. The van der Waals surface area contributed by atoms with Gasteiger partial charge in [0.1, 0.15) is 23.9 Å². The second-order valence-electron chi connectivity index (χ2n) is 5.07. The Morgan fingerprint density at radius 1 is 1.04 bits per heavy atom. The monoisotopic (exact) mass is 393 g/mol. The molecule has 24 heavy (non-hydrogen) atoms. The van der Waals surface area contributed by atoms with Gasteiger partial charge in [-0.05, 0) is 55.0 Å². The minimum Gasteiger partial charge on any atom is -0.497 e. The lowest BCUT2D eigenvalue weighted by molar-refractivity contribution is -0.123. The molecule has 128 valence electrons. The Kier molecular flexibility index (Phi) is 6.93. The Hall–Kier alpha value is -2.21. The van der Waals surface area contributed by atoms with Crippen LogP contribution in [0.25, 0.3) is 0 Å². The number of carbonyl (C=O) groups excluding carboxylic acids is 1.